The summed E-state index contributed by atoms with van der Waals surface area (Å²) < 4.78 is 4.94. The van der Waals surface area contributed by atoms with Crippen LogP contribution < -0.4 is 23.2 Å². The second-order valence-electron chi connectivity index (χ2n) is 13.9. The number of hydrogen-bond acceptors (Lipinski definition) is 4. The van der Waals surface area contributed by atoms with E-state index in [1.165, 1.54) is 88.9 Å². The van der Waals surface area contributed by atoms with Gasteiger partial charge in [-0.25, -0.2) is 0 Å². The molecule has 2 aromatic heterocycles. The minimum absolute atomic E-state index is 0.0425. The molecule has 10 rings (SSSR count). The monoisotopic (exact) mass is 772 g/mol. The van der Waals surface area contributed by atoms with Crippen molar-refractivity contribution in [3.8, 4) is 5.69 Å². The van der Waals surface area contributed by atoms with Gasteiger partial charge < -0.3 is 20.6 Å². The number of benzene rings is 8. The number of para-hydroxylation sites is 3. The Kier molecular flexibility index (Phi) is 12.6. The Bertz CT molecular complexity index is 2970. The van der Waals surface area contributed by atoms with Crippen LogP contribution in [0.1, 0.15) is 30.9 Å². The summed E-state index contributed by atoms with van der Waals surface area (Å²) in [5, 5.41) is 10.00. The summed E-state index contributed by atoms with van der Waals surface area (Å²) in [7, 11) is 1.50. The van der Waals surface area contributed by atoms with Gasteiger partial charge in [-0.1, -0.05) is 159 Å². The van der Waals surface area contributed by atoms with Gasteiger partial charge in [-0.15, -0.1) is 0 Å². The zero-order valence-electron chi connectivity index (χ0n) is 34.0. The maximum atomic E-state index is 6.13. The minimum atomic E-state index is -0.0425. The van der Waals surface area contributed by atoms with Crippen LogP contribution in [0.25, 0.3) is 70.8 Å². The van der Waals surface area contributed by atoms with E-state index < -0.39 is 0 Å². The molecular weight excluding hydrogens is 721 g/mol. The van der Waals surface area contributed by atoms with Crippen LogP contribution in [0.4, 0.5) is 0 Å². The predicted molar refractivity (Wildman–Crippen MR) is 255 cm³/mol. The first-order valence-electron chi connectivity index (χ1n) is 20.2. The fourth-order valence-corrected chi connectivity index (χ4v) is 8.71. The first-order valence-corrected chi connectivity index (χ1v) is 20.2. The number of hydrazine groups is 1. The highest BCUT2D eigenvalue weighted by Crippen LogP contribution is 2.43. The van der Waals surface area contributed by atoms with Gasteiger partial charge in [0.2, 0.25) is 0 Å². The predicted octanol–water partition coefficient (Wildman–Crippen LogP) is 11.8. The molecule has 0 amide bonds. The first kappa shape index (κ1) is 40.2. The number of aromatic nitrogens is 2. The van der Waals surface area contributed by atoms with E-state index >= 15 is 0 Å². The van der Waals surface area contributed by atoms with Crippen LogP contribution in [-0.2, 0) is 6.54 Å². The Hall–Kier alpha value is -6.96. The molecule has 0 spiro atoms. The Morgan fingerprint density at radius 2 is 0.966 bits per heavy atom. The van der Waals surface area contributed by atoms with Gasteiger partial charge in [0.15, 0.2) is 0 Å². The van der Waals surface area contributed by atoms with Gasteiger partial charge in [0.25, 0.3) is 0 Å². The van der Waals surface area contributed by atoms with Crippen molar-refractivity contribution in [2.24, 2.45) is 23.2 Å². The molecule has 6 heteroatoms. The average molecular weight is 773 g/mol. The lowest BCUT2D eigenvalue weighted by Gasteiger charge is -2.26. The Balaban J connectivity index is 0.000000844. The fraction of sp³-hybridized carbons (Fsp3) is 0.0943. The largest absolute Gasteiger partial charge is 0.405 e. The van der Waals surface area contributed by atoms with E-state index in [4.69, 9.17) is 5.73 Å². The molecule has 8 aromatic carbocycles. The number of nitrogens with zero attached hydrogens (tertiary/aromatic N) is 2. The maximum Gasteiger partial charge on any atom is 0.0562 e. The molecule has 0 fully saturated rings. The maximum absolute atomic E-state index is 6.13. The molecule has 294 valence electrons. The van der Waals surface area contributed by atoms with Crippen LogP contribution in [-0.4, -0.2) is 16.2 Å². The van der Waals surface area contributed by atoms with Crippen molar-refractivity contribution in [3.63, 3.8) is 0 Å². The van der Waals surface area contributed by atoms with E-state index in [0.29, 0.717) is 6.54 Å². The molecule has 2 heterocycles. The molecule has 0 bridgehead atoms. The molecule has 0 aliphatic rings. The average Bonchev–Trinajstić information content (AvgIpc) is 3.81. The Morgan fingerprint density at radius 3 is 1.56 bits per heavy atom. The third-order valence-corrected chi connectivity index (χ3v) is 11.0. The van der Waals surface area contributed by atoms with Crippen molar-refractivity contribution in [1.82, 2.24) is 9.13 Å². The van der Waals surface area contributed by atoms with Crippen molar-refractivity contribution in [1.29, 1.82) is 0 Å². The topological polar surface area (TPSA) is 114 Å². The van der Waals surface area contributed by atoms with Crippen LogP contribution in [0.2, 0.25) is 0 Å². The van der Waals surface area contributed by atoms with Crippen LogP contribution in [0, 0.1) is 0 Å². The van der Waals surface area contributed by atoms with Crippen molar-refractivity contribution in [2.75, 3.05) is 7.05 Å². The van der Waals surface area contributed by atoms with Crippen LogP contribution in [0.15, 0.2) is 200 Å². The van der Waals surface area contributed by atoms with E-state index in [2.05, 4.69) is 209 Å². The van der Waals surface area contributed by atoms with Gasteiger partial charge >= 0.3 is 0 Å². The first-order chi connectivity index (χ1) is 29.3. The zero-order chi connectivity index (χ0) is 41.3. The lowest BCUT2D eigenvalue weighted by Crippen LogP contribution is -2.12. The van der Waals surface area contributed by atoms with Gasteiger partial charge in [0.05, 0.1) is 16.6 Å². The standard InChI is InChI=1S/C50H37N3.C2H6.CH5N.H4N2/c51-30-14-19-36(50(42-26-12-17-34-15-4-6-22-38(34)42)43-27-13-18-35-16-5-7-23-39(35)43)33-52-46-28-10-8-24-40(46)44-31-45-41-25-9-11-29-47(41)53(49(45)32-48(44)52)37-20-2-1-3-21-37;3*1-2/h1-32,50H,33,51H2;1-2H3;2H2,1H3;1-2H2/b30-14-,36-19+;;;. The molecule has 0 aliphatic carbocycles. The normalized spacial score (nSPS) is 11.5. The highest BCUT2D eigenvalue weighted by molar-refractivity contribution is 6.18. The number of allylic oxidation sites excluding steroid dienone is 3. The van der Waals surface area contributed by atoms with Crippen molar-refractivity contribution in [3.05, 3.63) is 211 Å². The van der Waals surface area contributed by atoms with Gasteiger partial charge in [0, 0.05) is 45.2 Å². The smallest absolute Gasteiger partial charge is 0.0562 e. The van der Waals surface area contributed by atoms with Gasteiger partial charge in [0.1, 0.15) is 0 Å². The molecule has 0 radical (unpaired) electrons. The van der Waals surface area contributed by atoms with Crippen molar-refractivity contribution in [2.45, 2.75) is 26.3 Å². The molecule has 0 saturated heterocycles. The highest BCUT2D eigenvalue weighted by Gasteiger charge is 2.25. The van der Waals surface area contributed by atoms with E-state index in [9.17, 15) is 0 Å². The van der Waals surface area contributed by atoms with E-state index in [1.807, 2.05) is 19.9 Å². The second kappa shape index (κ2) is 18.5. The summed E-state index contributed by atoms with van der Waals surface area (Å²) in [4.78, 5) is 0. The molecule has 0 atom stereocenters. The van der Waals surface area contributed by atoms with Crippen molar-refractivity contribution < 1.29 is 0 Å². The summed E-state index contributed by atoms with van der Waals surface area (Å²) in [6.45, 7) is 4.67. The SMILES string of the molecule is CC.CN.N/C=C\C=C(/Cn1c2ccccc2c2cc3c4ccccc4n(-c4ccccc4)c3cc21)C(c1cccc2ccccc12)c1cccc2ccccc12.NN. The molecule has 8 N–H and O–H groups in total. The summed E-state index contributed by atoms with van der Waals surface area (Å²) in [6, 6.07) is 64.1. The number of hydrogen-bond donors (Lipinski definition) is 4. The quantitative estimate of drug-likeness (QED) is 0.0733. The Labute approximate surface area is 346 Å². The third-order valence-electron chi connectivity index (χ3n) is 11.0. The van der Waals surface area contributed by atoms with Crippen molar-refractivity contribution >= 4 is 65.2 Å². The van der Waals surface area contributed by atoms with Gasteiger partial charge in [-0.2, -0.15) is 0 Å². The summed E-state index contributed by atoms with van der Waals surface area (Å²) in [6.07, 6.45) is 5.89. The lowest BCUT2D eigenvalue weighted by atomic mass is 9.80. The Morgan fingerprint density at radius 1 is 0.492 bits per heavy atom. The minimum Gasteiger partial charge on any atom is -0.405 e. The van der Waals surface area contributed by atoms with E-state index in [0.717, 1.165) is 5.69 Å². The number of fused-ring (bicyclic) bond motifs is 8. The lowest BCUT2D eigenvalue weighted by molar-refractivity contribution is 0.778. The van der Waals surface area contributed by atoms with Crippen LogP contribution in [0.3, 0.4) is 0 Å². The molecule has 59 heavy (non-hydrogen) atoms. The molecule has 10 aromatic rings. The van der Waals surface area contributed by atoms with Crippen LogP contribution in [0.5, 0.6) is 0 Å². The second-order valence-corrected chi connectivity index (χ2v) is 13.9. The summed E-state index contributed by atoms with van der Waals surface area (Å²) in [5.74, 6) is 7.96. The van der Waals surface area contributed by atoms with Gasteiger partial charge in [-0.3, -0.25) is 11.7 Å². The van der Waals surface area contributed by atoms with E-state index in [1.54, 1.807) is 6.20 Å². The fourth-order valence-electron chi connectivity index (χ4n) is 8.71. The number of rotatable bonds is 7. The van der Waals surface area contributed by atoms with E-state index in [-0.39, 0.29) is 5.92 Å². The zero-order valence-corrected chi connectivity index (χ0v) is 34.0. The summed E-state index contributed by atoms with van der Waals surface area (Å²) in [5.41, 5.74) is 20.4. The summed E-state index contributed by atoms with van der Waals surface area (Å²) >= 11 is 0. The highest BCUT2D eigenvalue weighted by atomic mass is 15.0. The molecular formula is C53H52N6. The molecule has 6 nitrogen and oxygen atoms in total. The van der Waals surface area contributed by atoms with Gasteiger partial charge in [-0.05, 0) is 94.0 Å². The van der Waals surface area contributed by atoms with Crippen LogP contribution >= 0.6 is 0 Å². The third kappa shape index (κ3) is 7.37. The number of nitrogens with two attached hydrogens (primary N) is 4. The molecule has 0 saturated carbocycles. The molecule has 0 aliphatic heterocycles. The molecule has 0 unspecified atom stereocenters.